The van der Waals surface area contributed by atoms with E-state index in [-0.39, 0.29) is 0 Å². The van der Waals surface area contributed by atoms with Crippen LogP contribution in [0.5, 0.6) is 0 Å². The standard InChI is InChI=1S/C69H115NO17P2/c1-48(2)24-14-25-49(3)26-15-27-50(4)28-16-29-51(5)30-17-31-52(6)32-18-33-53(7)34-19-35-54(8)36-20-37-55(9)38-21-39-56(10)40-22-41-57(11)42-23-43-58(12)44-45-82-88(78,79)87-89(80,81)86-68-62(70-59(13)73)64(75)67(61(47-72)84-68)85-69-66(77)65(76)63(74)60(46-71)83-69/h24,26,28,30,32,34,36,38,40,42,44,60-69,71-72,74-77H,14-23,25,27,29,31,33,35,37,39,41,43,45-47H2,1-13H3,(H,70,73)(H,78,79)(H,80,81)/b49-26+,50-28+,51-30-,52-32-,53-34-,54-36-,55-38-,56-40-,57-42-,58-44-/t60-,61-,62-,63+,64-,65+,66-,67-,68+,69+/m1/s1. The third-order valence-electron chi connectivity index (χ3n) is 15.9. The van der Waals surface area contributed by atoms with E-state index in [2.05, 4.69) is 147 Å². The normalized spacial score (nSPS) is 25.7. The molecular formula is C69H115NO17P2. The van der Waals surface area contributed by atoms with Crippen molar-refractivity contribution >= 4 is 21.6 Å². The Bertz CT molecular complexity index is 2590. The number of aliphatic hydroxyl groups excluding tert-OH is 6. The molecule has 2 aliphatic rings. The van der Waals surface area contributed by atoms with Crippen molar-refractivity contribution in [1.82, 2.24) is 5.32 Å². The maximum absolute atomic E-state index is 13.0. The first-order chi connectivity index (χ1) is 42.0. The lowest BCUT2D eigenvalue weighted by Crippen LogP contribution is -2.67. The van der Waals surface area contributed by atoms with Gasteiger partial charge in [0.1, 0.15) is 48.8 Å². The Morgan fingerprint density at radius 1 is 0.416 bits per heavy atom. The van der Waals surface area contributed by atoms with E-state index in [1.54, 1.807) is 6.92 Å². The van der Waals surface area contributed by atoms with E-state index in [1.165, 1.54) is 61.8 Å². The van der Waals surface area contributed by atoms with Gasteiger partial charge in [0.15, 0.2) is 12.6 Å². The van der Waals surface area contributed by atoms with Crippen LogP contribution in [0.15, 0.2) is 128 Å². The van der Waals surface area contributed by atoms with E-state index in [1.807, 2.05) is 0 Å². The second-order valence-corrected chi connectivity index (χ2v) is 27.8. The van der Waals surface area contributed by atoms with Gasteiger partial charge in [-0.1, -0.05) is 128 Å². The Morgan fingerprint density at radius 3 is 1.04 bits per heavy atom. The van der Waals surface area contributed by atoms with Crippen LogP contribution in [0.1, 0.15) is 218 Å². The predicted molar refractivity (Wildman–Crippen MR) is 355 cm³/mol. The molecule has 0 radical (unpaired) electrons. The highest BCUT2D eigenvalue weighted by atomic mass is 31.3. The summed E-state index contributed by atoms with van der Waals surface area (Å²) in [5, 5.41) is 63.8. The van der Waals surface area contributed by atoms with Gasteiger partial charge in [0.05, 0.1) is 19.8 Å². The van der Waals surface area contributed by atoms with Gasteiger partial charge in [-0.2, -0.15) is 4.31 Å². The summed E-state index contributed by atoms with van der Waals surface area (Å²) in [7, 11) is -10.9. The molecule has 0 aromatic rings. The summed E-state index contributed by atoms with van der Waals surface area (Å²) in [6.07, 6.45) is 29.9. The third-order valence-corrected chi connectivity index (χ3v) is 18.5. The maximum Gasteiger partial charge on any atom is 0.483 e. The molecule has 0 aromatic heterocycles. The van der Waals surface area contributed by atoms with Crippen molar-refractivity contribution in [3.63, 3.8) is 0 Å². The molecule has 0 bridgehead atoms. The number of rotatable bonds is 42. The number of phosphoric acid groups is 2. The monoisotopic (exact) mass is 1290 g/mol. The molecule has 9 N–H and O–H groups in total. The van der Waals surface area contributed by atoms with Gasteiger partial charge in [-0.15, -0.1) is 0 Å². The van der Waals surface area contributed by atoms with Crippen LogP contribution in [0.3, 0.4) is 0 Å². The molecule has 2 heterocycles. The van der Waals surface area contributed by atoms with Crippen molar-refractivity contribution < 1.29 is 81.9 Å². The van der Waals surface area contributed by atoms with Crippen molar-refractivity contribution in [2.24, 2.45) is 0 Å². The van der Waals surface area contributed by atoms with Crippen LogP contribution in [0.25, 0.3) is 0 Å². The first kappa shape index (κ1) is 81.6. The van der Waals surface area contributed by atoms with Crippen LogP contribution in [-0.2, 0) is 41.5 Å². The molecule has 1 amide bonds. The second kappa shape index (κ2) is 44.2. The lowest BCUT2D eigenvalue weighted by molar-refractivity contribution is -0.344. The SMILES string of the molecule is CC(=O)N[C@H]1[C@H](OP(=O)(O)OP(=O)(O)OC/C=C(/C)CC/C=C(/C)CC/C=C(/C)CC/C=C(/C)CC/C=C(/C)CC/C=C(/C)CC/C=C(/C)CC/C=C(/C)CC/C=C(\C)CC/C=C(\C)CCC=C(C)C)O[C@H](CO)[C@@H](O[C@@H]2O[C@H](CO)[C@H](O)[C@H](O)[C@H]2O)[C@@H]1O. The van der Waals surface area contributed by atoms with E-state index < -0.39 is 103 Å². The average Bonchev–Trinajstić information content (AvgIpc) is 0.975. The lowest BCUT2D eigenvalue weighted by Gasteiger charge is -2.47. The van der Waals surface area contributed by atoms with Crippen molar-refractivity contribution in [2.75, 3.05) is 19.8 Å². The highest BCUT2D eigenvalue weighted by molar-refractivity contribution is 7.61. The van der Waals surface area contributed by atoms with Crippen LogP contribution >= 0.6 is 15.6 Å². The van der Waals surface area contributed by atoms with Crippen molar-refractivity contribution in [2.45, 2.75) is 280 Å². The minimum Gasteiger partial charge on any atom is -0.394 e. The number of amides is 1. The van der Waals surface area contributed by atoms with E-state index >= 15 is 0 Å². The van der Waals surface area contributed by atoms with E-state index in [0.717, 1.165) is 128 Å². The van der Waals surface area contributed by atoms with Crippen molar-refractivity contribution in [3.05, 3.63) is 128 Å². The molecule has 0 aliphatic carbocycles. The van der Waals surface area contributed by atoms with Crippen molar-refractivity contribution in [1.29, 1.82) is 0 Å². The fourth-order valence-electron chi connectivity index (χ4n) is 10.2. The zero-order valence-corrected chi connectivity index (χ0v) is 57.8. The first-order valence-corrected chi connectivity index (χ1v) is 35.0. The van der Waals surface area contributed by atoms with E-state index in [0.29, 0.717) is 12.8 Å². The quantitative estimate of drug-likeness (QED) is 0.0203. The summed E-state index contributed by atoms with van der Waals surface area (Å²) < 4.78 is 56.6. The Hall–Kier alpha value is -3.49. The minimum absolute atomic E-state index is 0.471. The number of ether oxygens (including phenoxy) is 3. The van der Waals surface area contributed by atoms with E-state index in [9.17, 15) is 54.4 Å². The number of aliphatic hydroxyl groups is 6. The summed E-state index contributed by atoms with van der Waals surface area (Å²) in [6.45, 7) is 25.0. The van der Waals surface area contributed by atoms with Crippen LogP contribution in [0.2, 0.25) is 0 Å². The summed E-state index contributed by atoms with van der Waals surface area (Å²) >= 11 is 0. The largest absolute Gasteiger partial charge is 0.483 e. The first-order valence-electron chi connectivity index (χ1n) is 32.0. The number of phosphoric ester groups is 2. The molecule has 0 spiro atoms. The molecular weight excluding hydrogens is 1180 g/mol. The van der Waals surface area contributed by atoms with Gasteiger partial charge < -0.3 is 60.0 Å². The fraction of sp³-hybridized carbons (Fsp3) is 0.667. The Morgan fingerprint density at radius 2 is 0.730 bits per heavy atom. The molecule has 2 unspecified atom stereocenters. The molecule has 0 saturated carbocycles. The topological polar surface area (TPSA) is 280 Å². The molecule has 12 atom stereocenters. The van der Waals surface area contributed by atoms with E-state index in [4.69, 9.17) is 23.3 Å². The van der Waals surface area contributed by atoms with Gasteiger partial charge in [-0.05, 0) is 212 Å². The lowest BCUT2D eigenvalue weighted by atomic mass is 9.95. The zero-order valence-electron chi connectivity index (χ0n) is 56.0. The molecule has 18 nitrogen and oxygen atoms in total. The maximum atomic E-state index is 13.0. The van der Waals surface area contributed by atoms with Gasteiger partial charge in [-0.25, -0.2) is 9.13 Å². The van der Waals surface area contributed by atoms with Gasteiger partial charge >= 0.3 is 15.6 Å². The molecule has 508 valence electrons. The van der Waals surface area contributed by atoms with Crippen LogP contribution in [-0.4, -0.2) is 128 Å². The highest BCUT2D eigenvalue weighted by Gasteiger charge is 2.53. The number of hydrogen-bond donors (Lipinski definition) is 9. The molecule has 0 aromatic carbocycles. The van der Waals surface area contributed by atoms with Gasteiger partial charge in [0.2, 0.25) is 5.91 Å². The van der Waals surface area contributed by atoms with Gasteiger partial charge in [-0.3, -0.25) is 13.8 Å². The predicted octanol–water partition coefficient (Wildman–Crippen LogP) is 14.2. The number of allylic oxidation sites excluding steroid dienone is 21. The summed E-state index contributed by atoms with van der Waals surface area (Å²) in [6, 6.07) is -1.77. The second-order valence-electron chi connectivity index (χ2n) is 24.8. The number of carbonyl (C=O) groups is 1. The molecule has 2 fully saturated rings. The third kappa shape index (κ3) is 35.9. The minimum atomic E-state index is -5.60. The average molecular weight is 1290 g/mol. The number of nitrogens with one attached hydrogen (secondary N) is 1. The molecule has 89 heavy (non-hydrogen) atoms. The van der Waals surface area contributed by atoms with Gasteiger partial charge in [0, 0.05) is 6.92 Å². The van der Waals surface area contributed by atoms with Gasteiger partial charge in [0.25, 0.3) is 0 Å². The molecule has 2 saturated heterocycles. The highest BCUT2D eigenvalue weighted by Crippen LogP contribution is 2.61. The summed E-state index contributed by atoms with van der Waals surface area (Å²) in [5.74, 6) is -0.810. The summed E-state index contributed by atoms with van der Waals surface area (Å²) in [4.78, 5) is 32.9. The fourth-order valence-corrected chi connectivity index (χ4v) is 12.2. The van der Waals surface area contributed by atoms with Crippen molar-refractivity contribution in [3.8, 4) is 0 Å². The molecule has 2 rings (SSSR count). The number of carbonyl (C=O) groups excluding carboxylic acids is 1. The Kier molecular flexibility index (Phi) is 40.5. The molecule has 2 aliphatic heterocycles. The summed E-state index contributed by atoms with van der Waals surface area (Å²) in [5.41, 5.74) is 15.1. The smallest absolute Gasteiger partial charge is 0.394 e. The van der Waals surface area contributed by atoms with Crippen LogP contribution in [0, 0.1) is 0 Å². The Labute approximate surface area is 534 Å². The van der Waals surface area contributed by atoms with Crippen LogP contribution in [0.4, 0.5) is 0 Å². The number of hydrogen-bond acceptors (Lipinski definition) is 15. The van der Waals surface area contributed by atoms with Crippen LogP contribution < -0.4 is 5.32 Å². The zero-order chi connectivity index (χ0) is 66.7. The Balaban J connectivity index is 1.68. The molecule has 20 heteroatoms.